The zero-order valence-corrected chi connectivity index (χ0v) is 15.1. The molecule has 0 saturated carbocycles. The van der Waals surface area contributed by atoms with Crippen molar-refractivity contribution in [2.24, 2.45) is 4.99 Å². The summed E-state index contributed by atoms with van der Waals surface area (Å²) in [6.07, 6.45) is -0.557. The SMILES string of the molecule is CCNC(=NCc1ccccc1)NCC(O)c1cc2ccccc2s1. The number of nitrogens with one attached hydrogen (secondary N) is 2. The lowest BCUT2D eigenvalue weighted by molar-refractivity contribution is 0.184. The molecule has 0 bridgehead atoms. The molecule has 1 heterocycles. The first-order chi connectivity index (χ1) is 12.3. The number of aliphatic imine (C=N–C) groups is 1. The van der Waals surface area contributed by atoms with E-state index in [1.54, 1.807) is 11.3 Å². The van der Waals surface area contributed by atoms with Crippen molar-refractivity contribution < 1.29 is 5.11 Å². The van der Waals surface area contributed by atoms with Gasteiger partial charge in [-0.3, -0.25) is 0 Å². The lowest BCUT2D eigenvalue weighted by Crippen LogP contribution is -2.39. The van der Waals surface area contributed by atoms with Gasteiger partial charge in [-0.2, -0.15) is 0 Å². The highest BCUT2D eigenvalue weighted by atomic mass is 32.1. The fourth-order valence-corrected chi connectivity index (χ4v) is 3.61. The Kier molecular flexibility index (Phi) is 6.04. The molecule has 0 spiro atoms. The number of aliphatic hydroxyl groups is 1. The highest BCUT2D eigenvalue weighted by Gasteiger charge is 2.12. The Morgan fingerprint density at radius 2 is 1.84 bits per heavy atom. The molecule has 5 heteroatoms. The van der Waals surface area contributed by atoms with Crippen LogP contribution >= 0.6 is 11.3 Å². The maximum atomic E-state index is 10.5. The Hall–Kier alpha value is -2.37. The average Bonchev–Trinajstić information content (AvgIpc) is 3.09. The molecule has 3 aromatic rings. The van der Waals surface area contributed by atoms with E-state index in [1.807, 2.05) is 37.3 Å². The summed E-state index contributed by atoms with van der Waals surface area (Å²) < 4.78 is 1.20. The van der Waals surface area contributed by atoms with Gasteiger partial charge >= 0.3 is 0 Å². The molecule has 1 atom stereocenters. The highest BCUT2D eigenvalue weighted by Crippen LogP contribution is 2.29. The molecule has 0 fully saturated rings. The standard InChI is InChI=1S/C20H23N3OS/c1-2-21-20(22-13-15-8-4-3-5-9-15)23-14-17(24)19-12-16-10-6-7-11-18(16)25-19/h3-12,17,24H,2,13-14H2,1H3,(H2,21,22,23). The van der Waals surface area contributed by atoms with Gasteiger partial charge in [0.25, 0.3) is 0 Å². The number of thiophene rings is 1. The van der Waals surface area contributed by atoms with E-state index in [0.29, 0.717) is 19.0 Å². The molecule has 0 saturated heterocycles. The number of nitrogens with zero attached hydrogens (tertiary/aromatic N) is 1. The van der Waals surface area contributed by atoms with Crippen LogP contribution in [0.3, 0.4) is 0 Å². The smallest absolute Gasteiger partial charge is 0.191 e. The van der Waals surface area contributed by atoms with Gasteiger partial charge in [0.05, 0.1) is 6.54 Å². The summed E-state index contributed by atoms with van der Waals surface area (Å²) in [5, 5.41) is 18.1. The van der Waals surface area contributed by atoms with Crippen molar-refractivity contribution in [1.82, 2.24) is 10.6 Å². The van der Waals surface area contributed by atoms with E-state index in [-0.39, 0.29) is 0 Å². The fourth-order valence-electron chi connectivity index (χ4n) is 2.56. The Balaban J connectivity index is 1.62. The summed E-state index contributed by atoms with van der Waals surface area (Å²) in [5.41, 5.74) is 1.16. The highest BCUT2D eigenvalue weighted by molar-refractivity contribution is 7.19. The van der Waals surface area contributed by atoms with Crippen LogP contribution in [0.15, 0.2) is 65.7 Å². The third kappa shape index (κ3) is 4.81. The Morgan fingerprint density at radius 3 is 2.60 bits per heavy atom. The van der Waals surface area contributed by atoms with E-state index in [9.17, 15) is 5.11 Å². The second-order valence-electron chi connectivity index (χ2n) is 5.76. The first-order valence-electron chi connectivity index (χ1n) is 8.49. The maximum Gasteiger partial charge on any atom is 0.191 e. The first-order valence-corrected chi connectivity index (χ1v) is 9.30. The monoisotopic (exact) mass is 353 g/mol. The Morgan fingerprint density at radius 1 is 1.08 bits per heavy atom. The number of fused-ring (bicyclic) bond motifs is 1. The van der Waals surface area contributed by atoms with Gasteiger partial charge in [0.15, 0.2) is 5.96 Å². The third-order valence-electron chi connectivity index (χ3n) is 3.84. The summed E-state index contributed by atoms with van der Waals surface area (Å²) >= 11 is 1.63. The van der Waals surface area contributed by atoms with Crippen LogP contribution in [0.5, 0.6) is 0 Å². The molecular weight excluding hydrogens is 330 g/mol. The fraction of sp³-hybridized carbons (Fsp3) is 0.250. The van der Waals surface area contributed by atoms with E-state index in [0.717, 1.165) is 17.0 Å². The van der Waals surface area contributed by atoms with Crippen LogP contribution in [0.2, 0.25) is 0 Å². The molecule has 1 aromatic heterocycles. The van der Waals surface area contributed by atoms with Crippen molar-refractivity contribution in [2.75, 3.05) is 13.1 Å². The van der Waals surface area contributed by atoms with Crippen LogP contribution in [-0.4, -0.2) is 24.2 Å². The van der Waals surface area contributed by atoms with Crippen molar-refractivity contribution in [3.05, 3.63) is 71.1 Å². The minimum absolute atomic E-state index is 0.424. The molecule has 0 aliphatic heterocycles. The second kappa shape index (κ2) is 8.65. The van der Waals surface area contributed by atoms with Gasteiger partial charge in [-0.1, -0.05) is 48.5 Å². The van der Waals surface area contributed by atoms with Crippen LogP contribution in [0.1, 0.15) is 23.5 Å². The summed E-state index contributed by atoms with van der Waals surface area (Å²) in [6, 6.07) is 20.4. The zero-order chi connectivity index (χ0) is 17.5. The molecule has 25 heavy (non-hydrogen) atoms. The quantitative estimate of drug-likeness (QED) is 0.468. The summed E-state index contributed by atoms with van der Waals surface area (Å²) in [6.45, 7) is 3.84. The van der Waals surface area contributed by atoms with E-state index < -0.39 is 6.10 Å². The van der Waals surface area contributed by atoms with Gasteiger partial charge in [0.1, 0.15) is 6.10 Å². The number of benzene rings is 2. The molecule has 1 unspecified atom stereocenters. The number of guanidine groups is 1. The largest absolute Gasteiger partial charge is 0.386 e. The van der Waals surface area contributed by atoms with Crippen LogP contribution in [-0.2, 0) is 6.54 Å². The van der Waals surface area contributed by atoms with Crippen molar-refractivity contribution in [3.63, 3.8) is 0 Å². The van der Waals surface area contributed by atoms with E-state index in [1.165, 1.54) is 10.1 Å². The molecule has 0 aliphatic rings. The van der Waals surface area contributed by atoms with Gasteiger partial charge in [-0.05, 0) is 30.0 Å². The normalized spacial score (nSPS) is 13.0. The number of rotatable bonds is 6. The van der Waals surface area contributed by atoms with Crippen LogP contribution in [0.25, 0.3) is 10.1 Å². The zero-order valence-electron chi connectivity index (χ0n) is 14.3. The molecule has 0 radical (unpaired) electrons. The van der Waals surface area contributed by atoms with Crippen molar-refractivity contribution >= 4 is 27.4 Å². The molecule has 2 aromatic carbocycles. The Labute approximate surface area is 152 Å². The van der Waals surface area contributed by atoms with Crippen molar-refractivity contribution in [1.29, 1.82) is 0 Å². The minimum atomic E-state index is -0.557. The number of hydrogen-bond acceptors (Lipinski definition) is 3. The van der Waals surface area contributed by atoms with E-state index in [4.69, 9.17) is 0 Å². The van der Waals surface area contributed by atoms with Crippen LogP contribution in [0.4, 0.5) is 0 Å². The van der Waals surface area contributed by atoms with Gasteiger partial charge in [-0.15, -0.1) is 11.3 Å². The van der Waals surface area contributed by atoms with E-state index >= 15 is 0 Å². The van der Waals surface area contributed by atoms with Crippen LogP contribution in [0, 0.1) is 0 Å². The predicted molar refractivity (Wildman–Crippen MR) is 106 cm³/mol. The lowest BCUT2D eigenvalue weighted by atomic mass is 10.2. The van der Waals surface area contributed by atoms with Crippen molar-refractivity contribution in [2.45, 2.75) is 19.6 Å². The molecular formula is C20H23N3OS. The topological polar surface area (TPSA) is 56.7 Å². The second-order valence-corrected chi connectivity index (χ2v) is 6.88. The Bertz CT molecular complexity index is 796. The van der Waals surface area contributed by atoms with E-state index in [2.05, 4.69) is 46.0 Å². The summed E-state index contributed by atoms with van der Waals surface area (Å²) in [5.74, 6) is 0.714. The first kappa shape index (κ1) is 17.5. The molecule has 3 rings (SSSR count). The number of hydrogen-bond donors (Lipinski definition) is 3. The molecule has 3 N–H and O–H groups in total. The lowest BCUT2D eigenvalue weighted by Gasteiger charge is -2.14. The molecule has 130 valence electrons. The third-order valence-corrected chi connectivity index (χ3v) is 5.06. The maximum absolute atomic E-state index is 10.5. The average molecular weight is 353 g/mol. The van der Waals surface area contributed by atoms with Gasteiger partial charge in [-0.25, -0.2) is 4.99 Å². The number of aliphatic hydroxyl groups excluding tert-OH is 1. The van der Waals surface area contributed by atoms with Gasteiger partial charge in [0.2, 0.25) is 0 Å². The van der Waals surface area contributed by atoms with Gasteiger partial charge < -0.3 is 15.7 Å². The van der Waals surface area contributed by atoms with Crippen LogP contribution < -0.4 is 10.6 Å². The van der Waals surface area contributed by atoms with Crippen molar-refractivity contribution in [3.8, 4) is 0 Å². The van der Waals surface area contributed by atoms with Gasteiger partial charge in [0, 0.05) is 22.7 Å². The predicted octanol–water partition coefficient (Wildman–Crippen LogP) is 3.69. The molecule has 4 nitrogen and oxygen atoms in total. The minimum Gasteiger partial charge on any atom is -0.386 e. The summed E-state index contributed by atoms with van der Waals surface area (Å²) in [7, 11) is 0. The summed E-state index contributed by atoms with van der Waals surface area (Å²) in [4.78, 5) is 5.54. The molecule has 0 aliphatic carbocycles. The molecule has 0 amide bonds.